The fourth-order valence-electron chi connectivity index (χ4n) is 1.86. The number of halogens is 3. The zero-order chi connectivity index (χ0) is 16.8. The number of benzene rings is 2. The highest BCUT2D eigenvalue weighted by Gasteiger charge is 2.07. The van der Waals surface area contributed by atoms with Gasteiger partial charge in [-0.25, -0.2) is 13.6 Å². The van der Waals surface area contributed by atoms with Crippen LogP contribution in [0.25, 0.3) is 0 Å². The van der Waals surface area contributed by atoms with E-state index in [9.17, 15) is 13.6 Å². The first-order valence-electron chi connectivity index (χ1n) is 6.90. The average molecular weight is 341 g/mol. The van der Waals surface area contributed by atoms with Crippen molar-refractivity contribution >= 4 is 29.1 Å². The third-order valence-electron chi connectivity index (χ3n) is 2.98. The summed E-state index contributed by atoms with van der Waals surface area (Å²) < 4.78 is 32.0. The molecule has 0 radical (unpaired) electrons. The Morgan fingerprint density at radius 2 is 1.83 bits per heavy atom. The molecule has 2 N–H and O–H groups in total. The van der Waals surface area contributed by atoms with Gasteiger partial charge in [0.25, 0.3) is 0 Å². The van der Waals surface area contributed by atoms with Crippen LogP contribution in [0.2, 0.25) is 5.02 Å². The smallest absolute Gasteiger partial charge is 0.411 e. The number of anilines is 2. The predicted molar refractivity (Wildman–Crippen MR) is 85.8 cm³/mol. The largest absolute Gasteiger partial charge is 0.450 e. The molecule has 2 aromatic rings. The van der Waals surface area contributed by atoms with E-state index in [2.05, 4.69) is 10.6 Å². The third-order valence-corrected chi connectivity index (χ3v) is 3.28. The Balaban J connectivity index is 2.00. The van der Waals surface area contributed by atoms with Crippen LogP contribution in [0.3, 0.4) is 0 Å². The second kappa shape index (κ2) is 7.78. The average Bonchev–Trinajstić information content (AvgIpc) is 2.50. The van der Waals surface area contributed by atoms with Crippen LogP contribution in [0, 0.1) is 11.6 Å². The first-order chi connectivity index (χ1) is 11.0. The highest BCUT2D eigenvalue weighted by Crippen LogP contribution is 2.20. The van der Waals surface area contributed by atoms with Crippen molar-refractivity contribution in [2.45, 2.75) is 13.5 Å². The zero-order valence-electron chi connectivity index (χ0n) is 12.3. The lowest BCUT2D eigenvalue weighted by atomic mass is 10.2. The fourth-order valence-corrected chi connectivity index (χ4v) is 1.97. The normalized spacial score (nSPS) is 10.3. The van der Waals surface area contributed by atoms with Crippen LogP contribution in [-0.4, -0.2) is 12.7 Å². The van der Waals surface area contributed by atoms with Crippen molar-refractivity contribution in [1.82, 2.24) is 0 Å². The Bertz CT molecular complexity index is 710. The van der Waals surface area contributed by atoms with Crippen molar-refractivity contribution in [3.05, 3.63) is 58.6 Å². The number of carbonyl (C=O) groups is 1. The summed E-state index contributed by atoms with van der Waals surface area (Å²) >= 11 is 5.60. The Kier molecular flexibility index (Phi) is 5.76. The van der Waals surface area contributed by atoms with Gasteiger partial charge in [-0.05, 0) is 37.3 Å². The minimum absolute atomic E-state index is 0.0242. The molecule has 0 heterocycles. The summed E-state index contributed by atoms with van der Waals surface area (Å²) in [5.74, 6) is -1.05. The molecule has 122 valence electrons. The molecule has 1 amide bonds. The molecule has 2 rings (SSSR count). The van der Waals surface area contributed by atoms with Crippen molar-refractivity contribution in [2.24, 2.45) is 0 Å². The van der Waals surface area contributed by atoms with E-state index >= 15 is 0 Å². The van der Waals surface area contributed by atoms with E-state index in [1.54, 1.807) is 19.1 Å². The molecule has 0 atom stereocenters. The summed E-state index contributed by atoms with van der Waals surface area (Å²) in [6, 6.07) is 8.52. The van der Waals surface area contributed by atoms with Crippen LogP contribution in [-0.2, 0) is 11.3 Å². The maximum atomic E-state index is 14.0. The van der Waals surface area contributed by atoms with Gasteiger partial charge in [0, 0.05) is 23.5 Å². The number of nitrogens with one attached hydrogen (secondary N) is 2. The van der Waals surface area contributed by atoms with Gasteiger partial charge in [0.2, 0.25) is 0 Å². The molecule has 0 fully saturated rings. The molecule has 0 spiro atoms. The summed E-state index contributed by atoms with van der Waals surface area (Å²) in [6.07, 6.45) is -0.644. The lowest BCUT2D eigenvalue weighted by molar-refractivity contribution is 0.168. The van der Waals surface area contributed by atoms with Crippen LogP contribution in [0.5, 0.6) is 0 Å². The van der Waals surface area contributed by atoms with Gasteiger partial charge < -0.3 is 10.1 Å². The lowest BCUT2D eigenvalue weighted by Crippen LogP contribution is -2.13. The van der Waals surface area contributed by atoms with Gasteiger partial charge in [-0.15, -0.1) is 0 Å². The molecule has 0 saturated carbocycles. The van der Waals surface area contributed by atoms with E-state index in [0.29, 0.717) is 16.9 Å². The molecule has 0 aliphatic rings. The first kappa shape index (κ1) is 17.0. The molecule has 0 saturated heterocycles. The number of amides is 1. The Hall–Kier alpha value is -2.34. The topological polar surface area (TPSA) is 50.4 Å². The molecular formula is C16H15ClF2N2O2. The predicted octanol–water partition coefficient (Wildman–Crippen LogP) is 4.80. The monoisotopic (exact) mass is 340 g/mol. The fraction of sp³-hybridized carbons (Fsp3) is 0.188. The van der Waals surface area contributed by atoms with E-state index in [-0.39, 0.29) is 18.2 Å². The molecule has 0 bridgehead atoms. The third kappa shape index (κ3) is 4.82. The highest BCUT2D eigenvalue weighted by atomic mass is 35.5. The van der Waals surface area contributed by atoms with E-state index in [0.717, 1.165) is 0 Å². The molecule has 23 heavy (non-hydrogen) atoms. The van der Waals surface area contributed by atoms with Gasteiger partial charge in [0.05, 0.1) is 11.6 Å². The number of hydrogen-bond donors (Lipinski definition) is 2. The first-order valence-corrected chi connectivity index (χ1v) is 7.28. The summed E-state index contributed by atoms with van der Waals surface area (Å²) in [7, 11) is 0. The molecule has 4 nitrogen and oxygen atoms in total. The van der Waals surface area contributed by atoms with Crippen LogP contribution in [0.15, 0.2) is 36.4 Å². The van der Waals surface area contributed by atoms with Gasteiger partial charge >= 0.3 is 6.09 Å². The van der Waals surface area contributed by atoms with Crippen molar-refractivity contribution in [3.63, 3.8) is 0 Å². The maximum Gasteiger partial charge on any atom is 0.411 e. The second-order valence-electron chi connectivity index (χ2n) is 4.63. The van der Waals surface area contributed by atoms with Crippen LogP contribution < -0.4 is 10.6 Å². The highest BCUT2D eigenvalue weighted by molar-refractivity contribution is 6.30. The second-order valence-corrected chi connectivity index (χ2v) is 5.04. The van der Waals surface area contributed by atoms with Gasteiger partial charge in [0.1, 0.15) is 11.6 Å². The van der Waals surface area contributed by atoms with E-state index in [4.69, 9.17) is 16.3 Å². The van der Waals surface area contributed by atoms with Crippen molar-refractivity contribution in [2.75, 3.05) is 17.2 Å². The van der Waals surface area contributed by atoms with E-state index in [1.807, 2.05) is 0 Å². The van der Waals surface area contributed by atoms with Gasteiger partial charge in [0.15, 0.2) is 0 Å². The molecule has 2 aromatic carbocycles. The minimum Gasteiger partial charge on any atom is -0.450 e. The molecule has 0 unspecified atom stereocenters. The Labute approximate surface area is 137 Å². The SMILES string of the molecule is CCOC(=O)Nc1ccc(CNc2ccc(Cl)c(F)c2)c(F)c1. The zero-order valence-corrected chi connectivity index (χ0v) is 13.1. The number of ether oxygens (including phenoxy) is 1. The Morgan fingerprint density at radius 3 is 2.48 bits per heavy atom. The van der Waals surface area contributed by atoms with E-state index < -0.39 is 17.7 Å². The summed E-state index contributed by atoms with van der Waals surface area (Å²) in [5.41, 5.74) is 1.15. The molecule has 0 aliphatic carbocycles. The molecule has 0 aliphatic heterocycles. The van der Waals surface area contributed by atoms with E-state index in [1.165, 1.54) is 24.3 Å². The molecule has 7 heteroatoms. The standard InChI is InChI=1S/C16H15ClF2N2O2/c1-2-23-16(22)21-12-4-3-10(14(18)8-12)9-20-11-5-6-13(17)15(19)7-11/h3-8,20H,2,9H2,1H3,(H,21,22). The Morgan fingerprint density at radius 1 is 1.13 bits per heavy atom. The van der Waals surface area contributed by atoms with Crippen molar-refractivity contribution < 1.29 is 18.3 Å². The maximum absolute atomic E-state index is 14.0. The van der Waals surface area contributed by atoms with Crippen molar-refractivity contribution in [3.8, 4) is 0 Å². The lowest BCUT2D eigenvalue weighted by Gasteiger charge is -2.10. The minimum atomic E-state index is -0.644. The summed E-state index contributed by atoms with van der Waals surface area (Å²) in [6.45, 7) is 2.06. The number of hydrogen-bond acceptors (Lipinski definition) is 3. The number of rotatable bonds is 5. The molecule has 0 aromatic heterocycles. The van der Waals surface area contributed by atoms with Crippen LogP contribution in [0.1, 0.15) is 12.5 Å². The summed E-state index contributed by atoms with van der Waals surface area (Å²) in [4.78, 5) is 11.3. The number of carbonyl (C=O) groups excluding carboxylic acids is 1. The van der Waals surface area contributed by atoms with Gasteiger partial charge in [-0.2, -0.15) is 0 Å². The van der Waals surface area contributed by atoms with Crippen LogP contribution >= 0.6 is 11.6 Å². The quantitative estimate of drug-likeness (QED) is 0.822. The van der Waals surface area contributed by atoms with Gasteiger partial charge in [-0.3, -0.25) is 5.32 Å². The van der Waals surface area contributed by atoms with Crippen LogP contribution in [0.4, 0.5) is 25.0 Å². The molecular weight excluding hydrogens is 326 g/mol. The summed E-state index contributed by atoms with van der Waals surface area (Å²) in [5, 5.41) is 5.34. The van der Waals surface area contributed by atoms with Gasteiger partial charge in [-0.1, -0.05) is 17.7 Å². The van der Waals surface area contributed by atoms with Crippen molar-refractivity contribution in [1.29, 1.82) is 0 Å².